The second-order valence-electron chi connectivity index (χ2n) is 3.29. The third kappa shape index (κ3) is 1.67. The van der Waals surface area contributed by atoms with E-state index in [0.717, 1.165) is 17.5 Å². The topological polar surface area (TPSA) is 40.9 Å². The van der Waals surface area contributed by atoms with Gasteiger partial charge in [0, 0.05) is 5.56 Å². The predicted octanol–water partition coefficient (Wildman–Crippen LogP) is 2.63. The third-order valence-electron chi connectivity index (χ3n) is 2.43. The van der Waals surface area contributed by atoms with Crippen LogP contribution in [0, 0.1) is 18.3 Å². The number of carbonyl (C=O) groups excluding carboxylic acids is 1. The zero-order chi connectivity index (χ0) is 10.7. The highest BCUT2D eigenvalue weighted by Crippen LogP contribution is 2.19. The molecule has 0 fully saturated rings. The van der Waals surface area contributed by atoms with E-state index in [2.05, 4.69) is 0 Å². The molecular formula is C12H13NO. The molecular weight excluding hydrogens is 174 g/mol. The van der Waals surface area contributed by atoms with Gasteiger partial charge in [-0.3, -0.25) is 4.79 Å². The van der Waals surface area contributed by atoms with Crippen LogP contribution < -0.4 is 0 Å². The van der Waals surface area contributed by atoms with E-state index in [1.54, 1.807) is 6.07 Å². The van der Waals surface area contributed by atoms with Crippen LogP contribution in [-0.2, 0) is 6.42 Å². The smallest absolute Gasteiger partial charge is 0.161 e. The number of ketones is 1. The molecule has 1 aromatic carbocycles. The molecule has 2 heteroatoms. The first-order valence-electron chi connectivity index (χ1n) is 4.65. The summed E-state index contributed by atoms with van der Waals surface area (Å²) in [5, 5.41) is 8.85. The number of carbonyl (C=O) groups is 1. The molecule has 72 valence electrons. The van der Waals surface area contributed by atoms with Crippen LogP contribution in [0.25, 0.3) is 0 Å². The Bertz CT molecular complexity index is 413. The Kier molecular flexibility index (Phi) is 3.03. The molecule has 0 atom stereocenters. The largest absolute Gasteiger partial charge is 0.294 e. The molecule has 14 heavy (non-hydrogen) atoms. The number of nitrogens with zero attached hydrogens (tertiary/aromatic N) is 1. The van der Waals surface area contributed by atoms with Crippen LogP contribution in [0.2, 0.25) is 0 Å². The van der Waals surface area contributed by atoms with Crippen molar-refractivity contribution in [3.63, 3.8) is 0 Å². The molecule has 0 aliphatic rings. The molecule has 0 radical (unpaired) electrons. The standard InChI is InChI=1S/C12H13NO/c1-4-10-5-6-11(7-13)12(8(10)2)9(3)14/h5-6H,4H2,1-3H3. The van der Waals surface area contributed by atoms with E-state index in [9.17, 15) is 4.79 Å². The predicted molar refractivity (Wildman–Crippen MR) is 55.3 cm³/mol. The van der Waals surface area contributed by atoms with Gasteiger partial charge in [0.25, 0.3) is 0 Å². The summed E-state index contributed by atoms with van der Waals surface area (Å²) in [4.78, 5) is 11.4. The van der Waals surface area contributed by atoms with E-state index in [0.29, 0.717) is 11.1 Å². The van der Waals surface area contributed by atoms with Gasteiger partial charge >= 0.3 is 0 Å². The average molecular weight is 187 g/mol. The molecule has 0 spiro atoms. The summed E-state index contributed by atoms with van der Waals surface area (Å²) in [6.45, 7) is 5.44. The van der Waals surface area contributed by atoms with Gasteiger partial charge in [0.15, 0.2) is 5.78 Å². The quantitative estimate of drug-likeness (QED) is 0.668. The fraction of sp³-hybridized carbons (Fsp3) is 0.333. The second kappa shape index (κ2) is 4.06. The molecule has 0 amide bonds. The summed E-state index contributed by atoms with van der Waals surface area (Å²) in [7, 11) is 0. The van der Waals surface area contributed by atoms with E-state index < -0.39 is 0 Å². The molecule has 0 aliphatic heterocycles. The molecule has 0 saturated carbocycles. The number of aryl methyl sites for hydroxylation is 1. The lowest BCUT2D eigenvalue weighted by atomic mass is 9.94. The molecule has 0 saturated heterocycles. The molecule has 0 aliphatic carbocycles. The van der Waals surface area contributed by atoms with E-state index in [1.165, 1.54) is 6.92 Å². The lowest BCUT2D eigenvalue weighted by Gasteiger charge is -2.08. The van der Waals surface area contributed by atoms with Crippen LogP contribution in [0.3, 0.4) is 0 Å². The number of nitriles is 1. The van der Waals surface area contributed by atoms with Crippen molar-refractivity contribution in [3.05, 3.63) is 34.4 Å². The lowest BCUT2D eigenvalue weighted by Crippen LogP contribution is -2.03. The van der Waals surface area contributed by atoms with Gasteiger partial charge in [0.05, 0.1) is 11.6 Å². The van der Waals surface area contributed by atoms with Crippen LogP contribution in [-0.4, -0.2) is 5.78 Å². The Morgan fingerprint density at radius 2 is 2.14 bits per heavy atom. The normalized spacial score (nSPS) is 9.57. The van der Waals surface area contributed by atoms with Crippen LogP contribution in [0.15, 0.2) is 12.1 Å². The minimum Gasteiger partial charge on any atom is -0.294 e. The van der Waals surface area contributed by atoms with Crippen LogP contribution in [0.1, 0.15) is 40.9 Å². The minimum absolute atomic E-state index is 0.0330. The van der Waals surface area contributed by atoms with Crippen molar-refractivity contribution in [2.75, 3.05) is 0 Å². The fourth-order valence-electron chi connectivity index (χ4n) is 1.68. The Morgan fingerprint density at radius 1 is 1.50 bits per heavy atom. The number of hydrogen-bond acceptors (Lipinski definition) is 2. The van der Waals surface area contributed by atoms with Crippen LogP contribution >= 0.6 is 0 Å². The maximum atomic E-state index is 11.4. The average Bonchev–Trinajstić information content (AvgIpc) is 2.16. The molecule has 1 aromatic rings. The summed E-state index contributed by atoms with van der Waals surface area (Å²) in [5.41, 5.74) is 3.13. The highest BCUT2D eigenvalue weighted by atomic mass is 16.1. The van der Waals surface area contributed by atoms with Crippen molar-refractivity contribution in [2.45, 2.75) is 27.2 Å². The molecule has 0 unspecified atom stereocenters. The van der Waals surface area contributed by atoms with Crippen molar-refractivity contribution in [1.29, 1.82) is 5.26 Å². The second-order valence-corrected chi connectivity index (χ2v) is 3.29. The Balaban J connectivity index is 3.49. The summed E-state index contributed by atoms with van der Waals surface area (Å²) in [6.07, 6.45) is 0.887. The van der Waals surface area contributed by atoms with E-state index in [-0.39, 0.29) is 5.78 Å². The van der Waals surface area contributed by atoms with Crippen molar-refractivity contribution in [3.8, 4) is 6.07 Å². The third-order valence-corrected chi connectivity index (χ3v) is 2.43. The number of benzene rings is 1. The van der Waals surface area contributed by atoms with E-state index >= 15 is 0 Å². The zero-order valence-electron chi connectivity index (χ0n) is 8.72. The molecule has 0 aromatic heterocycles. The highest BCUT2D eigenvalue weighted by Gasteiger charge is 2.12. The van der Waals surface area contributed by atoms with Crippen LogP contribution in [0.5, 0.6) is 0 Å². The summed E-state index contributed by atoms with van der Waals surface area (Å²) >= 11 is 0. The SMILES string of the molecule is CCc1ccc(C#N)c(C(C)=O)c1C. The fourth-order valence-corrected chi connectivity index (χ4v) is 1.68. The van der Waals surface area contributed by atoms with E-state index in [1.807, 2.05) is 26.0 Å². The van der Waals surface area contributed by atoms with Gasteiger partial charge in [-0.05, 0) is 37.5 Å². The van der Waals surface area contributed by atoms with Crippen LogP contribution in [0.4, 0.5) is 0 Å². The van der Waals surface area contributed by atoms with Crippen molar-refractivity contribution in [1.82, 2.24) is 0 Å². The maximum Gasteiger partial charge on any atom is 0.161 e. The highest BCUT2D eigenvalue weighted by molar-refractivity contribution is 5.98. The van der Waals surface area contributed by atoms with Crippen molar-refractivity contribution >= 4 is 5.78 Å². The van der Waals surface area contributed by atoms with Gasteiger partial charge < -0.3 is 0 Å². The molecule has 0 N–H and O–H groups in total. The Hall–Kier alpha value is -1.62. The molecule has 1 rings (SSSR count). The zero-order valence-corrected chi connectivity index (χ0v) is 8.72. The van der Waals surface area contributed by atoms with Gasteiger partial charge in [0.2, 0.25) is 0 Å². The van der Waals surface area contributed by atoms with E-state index in [4.69, 9.17) is 5.26 Å². The number of rotatable bonds is 2. The van der Waals surface area contributed by atoms with Crippen molar-refractivity contribution < 1.29 is 4.79 Å². The van der Waals surface area contributed by atoms with Crippen molar-refractivity contribution in [2.24, 2.45) is 0 Å². The molecule has 0 heterocycles. The van der Waals surface area contributed by atoms with Gasteiger partial charge in [-0.15, -0.1) is 0 Å². The number of hydrogen-bond donors (Lipinski definition) is 0. The Labute approximate surface area is 84.2 Å². The van der Waals surface area contributed by atoms with Gasteiger partial charge in [0.1, 0.15) is 0 Å². The minimum atomic E-state index is -0.0330. The summed E-state index contributed by atoms with van der Waals surface area (Å²) in [6, 6.07) is 5.69. The summed E-state index contributed by atoms with van der Waals surface area (Å²) < 4.78 is 0. The lowest BCUT2D eigenvalue weighted by molar-refractivity contribution is 0.101. The first-order chi connectivity index (χ1) is 6.61. The van der Waals surface area contributed by atoms with Gasteiger partial charge in [-0.1, -0.05) is 13.0 Å². The maximum absolute atomic E-state index is 11.4. The van der Waals surface area contributed by atoms with Gasteiger partial charge in [-0.2, -0.15) is 5.26 Å². The first kappa shape index (κ1) is 10.5. The Morgan fingerprint density at radius 3 is 2.57 bits per heavy atom. The molecule has 0 bridgehead atoms. The number of Topliss-reactive ketones (excluding diaryl/α,β-unsaturated/α-hetero) is 1. The van der Waals surface area contributed by atoms with Gasteiger partial charge in [-0.25, -0.2) is 0 Å². The monoisotopic (exact) mass is 187 g/mol. The first-order valence-corrected chi connectivity index (χ1v) is 4.65. The molecule has 2 nitrogen and oxygen atoms in total. The summed E-state index contributed by atoms with van der Waals surface area (Å²) in [5.74, 6) is -0.0330.